The number of carbonyl (C=O) groups is 2. The molecule has 1 atom stereocenters. The summed E-state index contributed by atoms with van der Waals surface area (Å²) in [5, 5.41) is 5.31. The van der Waals surface area contributed by atoms with Crippen LogP contribution >= 0.6 is 0 Å². The number of nitrogens with one attached hydrogen (secondary N) is 2. The Morgan fingerprint density at radius 2 is 2.16 bits per heavy atom. The normalized spacial score (nSPS) is 20.0. The van der Waals surface area contributed by atoms with Gasteiger partial charge in [0.05, 0.1) is 12.1 Å². The first-order valence-electron chi connectivity index (χ1n) is 7.50. The molecule has 0 aliphatic carbocycles. The van der Waals surface area contributed by atoms with E-state index in [1.807, 2.05) is 0 Å². The SMILES string of the molecule is CC1(c2cccc(NC(=O)c3nccc(F)c3F)c2)COCC(=O)N1. The van der Waals surface area contributed by atoms with E-state index in [2.05, 4.69) is 15.6 Å². The van der Waals surface area contributed by atoms with Crippen LogP contribution in [-0.2, 0) is 15.1 Å². The number of anilines is 1. The van der Waals surface area contributed by atoms with Gasteiger partial charge in [-0.05, 0) is 30.7 Å². The molecule has 130 valence electrons. The van der Waals surface area contributed by atoms with Crippen molar-refractivity contribution in [2.24, 2.45) is 0 Å². The topological polar surface area (TPSA) is 80.3 Å². The molecule has 1 saturated heterocycles. The highest BCUT2D eigenvalue weighted by atomic mass is 19.2. The minimum Gasteiger partial charge on any atom is -0.369 e. The van der Waals surface area contributed by atoms with E-state index in [1.54, 1.807) is 31.2 Å². The van der Waals surface area contributed by atoms with Crippen molar-refractivity contribution in [1.29, 1.82) is 0 Å². The van der Waals surface area contributed by atoms with Gasteiger partial charge in [0, 0.05) is 11.9 Å². The van der Waals surface area contributed by atoms with Gasteiger partial charge in [0.2, 0.25) is 5.91 Å². The van der Waals surface area contributed by atoms with Crippen molar-refractivity contribution in [3.63, 3.8) is 0 Å². The number of pyridine rings is 1. The fourth-order valence-corrected chi connectivity index (χ4v) is 2.59. The maximum Gasteiger partial charge on any atom is 0.277 e. The molecule has 2 heterocycles. The standard InChI is InChI=1S/C17H15F2N3O3/c1-17(9-25-8-13(23)22-17)10-3-2-4-11(7-10)21-16(24)15-14(19)12(18)5-6-20-15/h2-7H,8-9H2,1H3,(H,21,24)(H,22,23). The quantitative estimate of drug-likeness (QED) is 0.890. The minimum atomic E-state index is -1.31. The molecule has 1 fully saturated rings. The van der Waals surface area contributed by atoms with E-state index in [0.29, 0.717) is 11.3 Å². The third kappa shape index (κ3) is 3.48. The van der Waals surface area contributed by atoms with Gasteiger partial charge in [-0.25, -0.2) is 13.8 Å². The van der Waals surface area contributed by atoms with Gasteiger partial charge in [-0.15, -0.1) is 0 Å². The fraction of sp³-hybridized carbons (Fsp3) is 0.235. The third-order valence-electron chi connectivity index (χ3n) is 3.85. The second-order valence-corrected chi connectivity index (χ2v) is 5.86. The van der Waals surface area contributed by atoms with Crippen molar-refractivity contribution in [1.82, 2.24) is 10.3 Å². The molecule has 6 nitrogen and oxygen atoms in total. The van der Waals surface area contributed by atoms with Crippen LogP contribution in [0.2, 0.25) is 0 Å². The minimum absolute atomic E-state index is 0.00344. The summed E-state index contributed by atoms with van der Waals surface area (Å²) in [5.74, 6) is -3.57. The molecule has 25 heavy (non-hydrogen) atoms. The maximum atomic E-state index is 13.7. The number of hydrogen-bond acceptors (Lipinski definition) is 4. The molecular weight excluding hydrogens is 332 g/mol. The van der Waals surface area contributed by atoms with E-state index in [9.17, 15) is 18.4 Å². The lowest BCUT2D eigenvalue weighted by Gasteiger charge is -2.35. The summed E-state index contributed by atoms with van der Waals surface area (Å²) in [4.78, 5) is 27.3. The number of nitrogens with zero attached hydrogens (tertiary/aromatic N) is 1. The van der Waals surface area contributed by atoms with Crippen LogP contribution in [0.25, 0.3) is 0 Å². The smallest absolute Gasteiger partial charge is 0.277 e. The van der Waals surface area contributed by atoms with Gasteiger partial charge in [0.25, 0.3) is 5.91 Å². The second-order valence-electron chi connectivity index (χ2n) is 5.86. The first kappa shape index (κ1) is 17.0. The largest absolute Gasteiger partial charge is 0.369 e. The first-order valence-corrected chi connectivity index (χ1v) is 7.50. The van der Waals surface area contributed by atoms with E-state index in [-0.39, 0.29) is 19.1 Å². The lowest BCUT2D eigenvalue weighted by Crippen LogP contribution is -2.52. The molecule has 2 aromatic rings. The highest BCUT2D eigenvalue weighted by Crippen LogP contribution is 2.26. The highest BCUT2D eigenvalue weighted by molar-refractivity contribution is 6.03. The molecule has 1 aromatic heterocycles. The molecule has 0 bridgehead atoms. The Labute approximate surface area is 142 Å². The van der Waals surface area contributed by atoms with Crippen molar-refractivity contribution in [3.8, 4) is 0 Å². The predicted molar refractivity (Wildman–Crippen MR) is 84.9 cm³/mol. The summed E-state index contributed by atoms with van der Waals surface area (Å²) in [7, 11) is 0. The van der Waals surface area contributed by atoms with Gasteiger partial charge in [0.1, 0.15) is 6.61 Å². The highest BCUT2D eigenvalue weighted by Gasteiger charge is 2.33. The Morgan fingerprint density at radius 3 is 2.92 bits per heavy atom. The van der Waals surface area contributed by atoms with Crippen molar-refractivity contribution >= 4 is 17.5 Å². The molecule has 0 saturated carbocycles. The number of halogens is 2. The van der Waals surface area contributed by atoms with Crippen LogP contribution in [0.15, 0.2) is 36.5 Å². The number of rotatable bonds is 3. The zero-order valence-corrected chi connectivity index (χ0v) is 13.3. The van der Waals surface area contributed by atoms with Crippen LogP contribution in [0.1, 0.15) is 23.0 Å². The zero-order chi connectivity index (χ0) is 18.0. The Kier molecular flexibility index (Phi) is 4.45. The van der Waals surface area contributed by atoms with Crippen molar-refractivity contribution in [2.45, 2.75) is 12.5 Å². The third-order valence-corrected chi connectivity index (χ3v) is 3.85. The summed E-state index contributed by atoms with van der Waals surface area (Å²) >= 11 is 0. The predicted octanol–water partition coefficient (Wildman–Crippen LogP) is 1.97. The number of hydrogen-bond donors (Lipinski definition) is 2. The number of morpholine rings is 1. The molecule has 0 radical (unpaired) electrons. The Balaban J connectivity index is 1.83. The van der Waals surface area contributed by atoms with E-state index in [0.717, 1.165) is 12.3 Å². The number of carbonyl (C=O) groups excluding carboxylic acids is 2. The summed E-state index contributed by atoms with van der Waals surface area (Å²) in [6.45, 7) is 2.06. The van der Waals surface area contributed by atoms with E-state index >= 15 is 0 Å². The van der Waals surface area contributed by atoms with Crippen LogP contribution in [0, 0.1) is 11.6 Å². The molecular formula is C17H15F2N3O3. The molecule has 1 aliphatic rings. The maximum absolute atomic E-state index is 13.7. The van der Waals surface area contributed by atoms with Crippen LogP contribution in [-0.4, -0.2) is 30.0 Å². The molecule has 3 rings (SSSR count). The van der Waals surface area contributed by atoms with Crippen molar-refractivity contribution in [3.05, 3.63) is 59.4 Å². The average molecular weight is 347 g/mol. The number of aromatic nitrogens is 1. The first-order chi connectivity index (χ1) is 11.9. The van der Waals surface area contributed by atoms with Crippen LogP contribution in [0.3, 0.4) is 0 Å². The number of amides is 2. The van der Waals surface area contributed by atoms with Gasteiger partial charge < -0.3 is 15.4 Å². The van der Waals surface area contributed by atoms with Gasteiger partial charge in [0.15, 0.2) is 17.3 Å². The lowest BCUT2D eigenvalue weighted by molar-refractivity contribution is -0.135. The number of benzene rings is 1. The van der Waals surface area contributed by atoms with E-state index < -0.39 is 28.8 Å². The van der Waals surface area contributed by atoms with Gasteiger partial charge in [-0.2, -0.15) is 0 Å². The molecule has 2 N–H and O–H groups in total. The van der Waals surface area contributed by atoms with Crippen LogP contribution in [0.4, 0.5) is 14.5 Å². The molecule has 1 aromatic carbocycles. The van der Waals surface area contributed by atoms with Gasteiger partial charge in [-0.1, -0.05) is 12.1 Å². The molecule has 2 amide bonds. The Hall–Kier alpha value is -2.87. The zero-order valence-electron chi connectivity index (χ0n) is 13.3. The number of ether oxygens (including phenoxy) is 1. The fourth-order valence-electron chi connectivity index (χ4n) is 2.59. The molecule has 1 aliphatic heterocycles. The van der Waals surface area contributed by atoms with E-state index in [4.69, 9.17) is 4.74 Å². The van der Waals surface area contributed by atoms with Crippen molar-refractivity contribution in [2.75, 3.05) is 18.5 Å². The summed E-state index contributed by atoms with van der Waals surface area (Å²) in [5.41, 5.74) is -0.329. The van der Waals surface area contributed by atoms with Gasteiger partial charge >= 0.3 is 0 Å². The Bertz CT molecular complexity index is 844. The lowest BCUT2D eigenvalue weighted by atomic mass is 9.91. The Morgan fingerprint density at radius 1 is 1.36 bits per heavy atom. The molecule has 0 spiro atoms. The monoisotopic (exact) mass is 347 g/mol. The summed E-state index contributed by atoms with van der Waals surface area (Å²) in [6, 6.07) is 7.49. The molecule has 1 unspecified atom stereocenters. The van der Waals surface area contributed by atoms with Crippen LogP contribution < -0.4 is 10.6 Å². The summed E-state index contributed by atoms with van der Waals surface area (Å²) < 4.78 is 32.2. The van der Waals surface area contributed by atoms with Crippen molar-refractivity contribution < 1.29 is 23.1 Å². The molecule has 8 heteroatoms. The van der Waals surface area contributed by atoms with Gasteiger partial charge in [-0.3, -0.25) is 9.59 Å². The van der Waals surface area contributed by atoms with E-state index in [1.165, 1.54) is 0 Å². The summed E-state index contributed by atoms with van der Waals surface area (Å²) in [6.07, 6.45) is 1.01. The van der Waals surface area contributed by atoms with Crippen LogP contribution in [0.5, 0.6) is 0 Å². The second kappa shape index (κ2) is 6.56. The average Bonchev–Trinajstić information content (AvgIpc) is 2.57.